The third kappa shape index (κ3) is 1.16. The normalized spacial score (nSPS) is 8.60. The second-order valence-electron chi connectivity index (χ2n) is 1.57. The van der Waals surface area contributed by atoms with Crippen molar-refractivity contribution in [3.05, 3.63) is 10.5 Å². The molecule has 0 saturated heterocycles. The lowest BCUT2D eigenvalue weighted by atomic mass is 11.0. The number of nitrogens with zero attached hydrogens (tertiary/aromatic N) is 2. The maximum absolute atomic E-state index is 10.6. The van der Waals surface area contributed by atoms with Crippen molar-refractivity contribution >= 4 is 0 Å². The summed E-state index contributed by atoms with van der Waals surface area (Å²) in [5, 5.41) is 5.76. The van der Waals surface area contributed by atoms with E-state index >= 15 is 0 Å². The van der Waals surface area contributed by atoms with Crippen LogP contribution in [0.1, 0.15) is 0 Å². The Hall–Kier alpha value is -1.30. The van der Waals surface area contributed by atoms with Gasteiger partial charge < -0.3 is 10.2 Å². The van der Waals surface area contributed by atoms with Crippen molar-refractivity contribution in [1.82, 2.24) is 14.8 Å². The van der Waals surface area contributed by atoms with E-state index < -0.39 is 0 Å². The molecule has 10 heavy (non-hydrogen) atoms. The molecule has 0 aliphatic rings. The maximum atomic E-state index is 10.6. The lowest BCUT2D eigenvalue weighted by Gasteiger charge is -1.92. The van der Waals surface area contributed by atoms with E-state index in [1.165, 1.54) is 11.7 Å². The number of H-pyrrole nitrogens is 1. The Bertz CT molecular complexity index is 250. The molecule has 0 amide bonds. The number of rotatable bonds is 1. The van der Waals surface area contributed by atoms with Crippen LogP contribution in [-0.4, -0.2) is 27.4 Å². The minimum atomic E-state index is -0.271. The third-order valence-electron chi connectivity index (χ3n) is 1.02. The fourth-order valence-electron chi connectivity index (χ4n) is 0.515. The van der Waals surface area contributed by atoms with E-state index in [0.29, 0.717) is 6.01 Å². The van der Waals surface area contributed by atoms with Crippen molar-refractivity contribution in [2.45, 2.75) is 0 Å². The number of aromatic nitrogens is 3. The van der Waals surface area contributed by atoms with Gasteiger partial charge >= 0.3 is 11.7 Å². The Labute approximate surface area is 56.7 Å². The van der Waals surface area contributed by atoms with Gasteiger partial charge in [-0.2, -0.15) is 0 Å². The van der Waals surface area contributed by atoms with Crippen molar-refractivity contribution in [1.29, 1.82) is 0 Å². The lowest BCUT2D eigenvalue weighted by molar-refractivity contribution is 0.363. The molecule has 6 nitrogen and oxygen atoms in total. The van der Waals surface area contributed by atoms with Gasteiger partial charge in [0.1, 0.15) is 0 Å². The zero-order valence-electron chi connectivity index (χ0n) is 5.71. The van der Waals surface area contributed by atoms with Gasteiger partial charge in [0.15, 0.2) is 0 Å². The van der Waals surface area contributed by atoms with Crippen molar-refractivity contribution in [2.24, 2.45) is 7.05 Å². The molecule has 6 heteroatoms. The maximum Gasteiger partial charge on any atom is 0.345 e. The first kappa shape index (κ1) is 8.70. The van der Waals surface area contributed by atoms with Crippen LogP contribution >= 0.6 is 0 Å². The predicted octanol–water partition coefficient (Wildman–Crippen LogP) is -1.71. The molecule has 0 atom stereocenters. The Kier molecular flexibility index (Phi) is 2.63. The summed E-state index contributed by atoms with van der Waals surface area (Å²) in [6.45, 7) is 0. The molecule has 0 unspecified atom stereocenters. The average molecular weight is 147 g/mol. The van der Waals surface area contributed by atoms with Crippen LogP contribution in [0.25, 0.3) is 0 Å². The first-order valence-corrected chi connectivity index (χ1v) is 2.41. The van der Waals surface area contributed by atoms with Crippen molar-refractivity contribution in [3.8, 4) is 6.01 Å². The zero-order chi connectivity index (χ0) is 6.85. The summed E-state index contributed by atoms with van der Waals surface area (Å²) in [5.41, 5.74) is -0.271. The number of methoxy groups -OCH3 is 1. The molecular weight excluding hydrogens is 138 g/mol. The summed E-state index contributed by atoms with van der Waals surface area (Å²) in [5.74, 6) is 0. The molecule has 0 fully saturated rings. The molecule has 0 spiro atoms. The SMILES string of the molecule is COc1n[nH]c(=O)n1C.O. The number of ether oxygens (including phenoxy) is 1. The highest BCUT2D eigenvalue weighted by Crippen LogP contribution is 1.94. The van der Waals surface area contributed by atoms with Gasteiger partial charge in [-0.05, 0) is 0 Å². The van der Waals surface area contributed by atoms with Crippen LogP contribution in [0, 0.1) is 0 Å². The first-order valence-electron chi connectivity index (χ1n) is 2.41. The number of nitrogens with one attached hydrogen (secondary N) is 1. The highest BCUT2D eigenvalue weighted by atomic mass is 16.5. The van der Waals surface area contributed by atoms with Crippen molar-refractivity contribution in [3.63, 3.8) is 0 Å². The van der Waals surface area contributed by atoms with E-state index in [1.54, 1.807) is 7.05 Å². The summed E-state index contributed by atoms with van der Waals surface area (Å²) < 4.78 is 5.96. The van der Waals surface area contributed by atoms with Gasteiger partial charge in [-0.1, -0.05) is 0 Å². The van der Waals surface area contributed by atoms with Gasteiger partial charge in [0.2, 0.25) is 0 Å². The summed E-state index contributed by atoms with van der Waals surface area (Å²) in [6.07, 6.45) is 0. The van der Waals surface area contributed by atoms with Crippen LogP contribution in [0.4, 0.5) is 0 Å². The summed E-state index contributed by atoms with van der Waals surface area (Å²) in [6, 6.07) is 0.292. The molecule has 3 N–H and O–H groups in total. The fourth-order valence-corrected chi connectivity index (χ4v) is 0.515. The first-order chi connectivity index (χ1) is 4.25. The molecule has 1 aromatic heterocycles. The van der Waals surface area contributed by atoms with Crippen LogP contribution < -0.4 is 10.4 Å². The number of hydrogen-bond acceptors (Lipinski definition) is 3. The van der Waals surface area contributed by atoms with Gasteiger partial charge in [-0.25, -0.2) is 14.5 Å². The highest BCUT2D eigenvalue weighted by Gasteiger charge is 1.99. The van der Waals surface area contributed by atoms with Gasteiger partial charge in [0.25, 0.3) is 0 Å². The lowest BCUT2D eigenvalue weighted by Crippen LogP contribution is -2.12. The van der Waals surface area contributed by atoms with E-state index in [4.69, 9.17) is 0 Å². The average Bonchev–Trinajstić information content (AvgIpc) is 2.15. The van der Waals surface area contributed by atoms with Crippen LogP contribution in [0.2, 0.25) is 0 Å². The Morgan fingerprint density at radius 1 is 1.70 bits per heavy atom. The summed E-state index contributed by atoms with van der Waals surface area (Å²) in [7, 11) is 3.03. The van der Waals surface area contributed by atoms with Gasteiger partial charge in [-0.3, -0.25) is 0 Å². The van der Waals surface area contributed by atoms with Gasteiger partial charge in [-0.15, -0.1) is 5.10 Å². The molecule has 1 heterocycles. The number of hydrogen-bond donors (Lipinski definition) is 1. The summed E-state index contributed by atoms with van der Waals surface area (Å²) in [4.78, 5) is 10.6. The largest absolute Gasteiger partial charge is 0.467 e. The zero-order valence-corrected chi connectivity index (χ0v) is 5.71. The van der Waals surface area contributed by atoms with Gasteiger partial charge in [0, 0.05) is 7.05 Å². The molecule has 1 aromatic rings. The fraction of sp³-hybridized carbons (Fsp3) is 0.500. The number of aromatic amines is 1. The molecule has 0 aliphatic heterocycles. The molecule has 0 bridgehead atoms. The monoisotopic (exact) mass is 147 g/mol. The van der Waals surface area contributed by atoms with Crippen LogP contribution in [0.15, 0.2) is 4.79 Å². The van der Waals surface area contributed by atoms with Crippen molar-refractivity contribution < 1.29 is 10.2 Å². The Morgan fingerprint density at radius 3 is 2.50 bits per heavy atom. The quantitative estimate of drug-likeness (QED) is 0.512. The predicted molar refractivity (Wildman–Crippen MR) is 34.0 cm³/mol. The third-order valence-corrected chi connectivity index (χ3v) is 1.02. The molecule has 1 rings (SSSR count). The Morgan fingerprint density at radius 2 is 2.30 bits per heavy atom. The minimum absolute atomic E-state index is 0. The molecular formula is C4H9N3O3. The molecule has 0 saturated carbocycles. The van der Waals surface area contributed by atoms with E-state index in [9.17, 15) is 4.79 Å². The molecule has 0 aromatic carbocycles. The Balaban J connectivity index is 0.000000810. The van der Waals surface area contributed by atoms with E-state index in [0.717, 1.165) is 0 Å². The van der Waals surface area contributed by atoms with Crippen LogP contribution in [-0.2, 0) is 7.05 Å². The second-order valence-corrected chi connectivity index (χ2v) is 1.57. The second kappa shape index (κ2) is 3.02. The van der Waals surface area contributed by atoms with Crippen LogP contribution in [0.3, 0.4) is 0 Å². The van der Waals surface area contributed by atoms with Crippen LogP contribution in [0.5, 0.6) is 6.01 Å². The van der Waals surface area contributed by atoms with Crippen molar-refractivity contribution in [2.75, 3.05) is 7.11 Å². The van der Waals surface area contributed by atoms with E-state index in [-0.39, 0.29) is 11.2 Å². The van der Waals surface area contributed by atoms with E-state index in [1.807, 2.05) is 0 Å². The van der Waals surface area contributed by atoms with E-state index in [2.05, 4.69) is 14.9 Å². The topological polar surface area (TPSA) is 91.4 Å². The van der Waals surface area contributed by atoms with Gasteiger partial charge in [0.05, 0.1) is 7.11 Å². The summed E-state index contributed by atoms with van der Waals surface area (Å²) >= 11 is 0. The standard InChI is InChI=1S/C4H7N3O2.H2O/c1-7-3(8)5-6-4(7)9-2;/h1-2H3,(H,5,8);1H2. The highest BCUT2D eigenvalue weighted by molar-refractivity contribution is 4.89. The smallest absolute Gasteiger partial charge is 0.345 e. The molecule has 0 radical (unpaired) electrons. The molecule has 58 valence electrons. The minimum Gasteiger partial charge on any atom is -0.467 e. The molecule has 0 aliphatic carbocycles.